The average molecular weight is 148 g/mol. The molecule has 0 radical (unpaired) electrons. The van der Waals surface area contributed by atoms with E-state index < -0.39 is 5.91 Å². The number of nitriles is 1. The van der Waals surface area contributed by atoms with Crippen LogP contribution in [0.3, 0.4) is 0 Å². The van der Waals surface area contributed by atoms with E-state index >= 15 is 0 Å². The summed E-state index contributed by atoms with van der Waals surface area (Å²) in [5, 5.41) is 9.99. The predicted octanol–water partition coefficient (Wildman–Crippen LogP) is -0.313. The van der Waals surface area contributed by atoms with E-state index in [2.05, 4.69) is 9.97 Å². The third kappa shape index (κ3) is 1.72. The zero-order chi connectivity index (χ0) is 8.10. The van der Waals surface area contributed by atoms with Crippen molar-refractivity contribution in [1.29, 1.82) is 5.26 Å². The van der Waals surface area contributed by atoms with Crippen molar-refractivity contribution in [2.24, 2.45) is 0 Å². The van der Waals surface area contributed by atoms with E-state index in [4.69, 9.17) is 5.26 Å². The number of hydrogen-bond acceptors (Lipinski definition) is 4. The highest BCUT2D eigenvalue weighted by Gasteiger charge is 2.03. The standard InChI is InChI=1S/C6H4N4O/c7-4-10-6(11)5-3-8-1-2-9-5/h1-3H,(H,10,11). The van der Waals surface area contributed by atoms with Crippen molar-refractivity contribution in [2.45, 2.75) is 0 Å². The summed E-state index contributed by atoms with van der Waals surface area (Å²) in [5.74, 6) is -0.541. The molecule has 5 heteroatoms. The Morgan fingerprint density at radius 2 is 2.45 bits per heavy atom. The minimum absolute atomic E-state index is 0.133. The molecule has 5 nitrogen and oxygen atoms in total. The Kier molecular flexibility index (Phi) is 2.13. The lowest BCUT2D eigenvalue weighted by atomic mass is 10.4. The second kappa shape index (κ2) is 3.27. The summed E-state index contributed by atoms with van der Waals surface area (Å²) in [6, 6.07) is 0. The lowest BCUT2D eigenvalue weighted by molar-refractivity contribution is 0.0967. The van der Waals surface area contributed by atoms with Gasteiger partial charge in [-0.2, -0.15) is 5.26 Å². The minimum atomic E-state index is -0.541. The van der Waals surface area contributed by atoms with Gasteiger partial charge in [-0.1, -0.05) is 0 Å². The molecule has 54 valence electrons. The smallest absolute Gasteiger partial charge is 0.266 e. The van der Waals surface area contributed by atoms with Crippen LogP contribution in [0.4, 0.5) is 0 Å². The van der Waals surface area contributed by atoms with Gasteiger partial charge >= 0.3 is 0 Å². The maximum Gasteiger partial charge on any atom is 0.284 e. The molecule has 1 amide bonds. The van der Waals surface area contributed by atoms with Crippen molar-refractivity contribution in [3.05, 3.63) is 24.3 Å². The monoisotopic (exact) mass is 148 g/mol. The molecule has 0 aliphatic carbocycles. The predicted molar refractivity (Wildman–Crippen MR) is 35.1 cm³/mol. The molecule has 1 aromatic rings. The molecule has 0 fully saturated rings. The van der Waals surface area contributed by atoms with Gasteiger partial charge in [0.25, 0.3) is 5.91 Å². The fourth-order valence-corrected chi connectivity index (χ4v) is 0.531. The molecule has 0 saturated heterocycles. The number of rotatable bonds is 1. The first-order valence-corrected chi connectivity index (χ1v) is 2.80. The summed E-state index contributed by atoms with van der Waals surface area (Å²) in [6.07, 6.45) is 5.61. The average Bonchev–Trinajstić information content (AvgIpc) is 2.07. The molecule has 0 spiro atoms. The lowest BCUT2D eigenvalue weighted by Crippen LogP contribution is -2.18. The number of carbonyl (C=O) groups is 1. The second-order valence-corrected chi connectivity index (χ2v) is 1.66. The lowest BCUT2D eigenvalue weighted by Gasteiger charge is -1.92. The molecule has 0 bridgehead atoms. The van der Waals surface area contributed by atoms with Crippen LogP contribution in [0.1, 0.15) is 10.5 Å². The van der Waals surface area contributed by atoms with Gasteiger partial charge in [-0.25, -0.2) is 4.98 Å². The second-order valence-electron chi connectivity index (χ2n) is 1.66. The molecule has 1 rings (SSSR count). The fourth-order valence-electron chi connectivity index (χ4n) is 0.531. The molecule has 0 unspecified atom stereocenters. The topological polar surface area (TPSA) is 78.7 Å². The third-order valence-corrected chi connectivity index (χ3v) is 0.965. The van der Waals surface area contributed by atoms with Gasteiger partial charge in [0.05, 0.1) is 6.20 Å². The van der Waals surface area contributed by atoms with Crippen LogP contribution in [-0.4, -0.2) is 15.9 Å². The van der Waals surface area contributed by atoms with Crippen LogP contribution in [0, 0.1) is 11.5 Å². The maximum atomic E-state index is 10.8. The Morgan fingerprint density at radius 3 is 3.00 bits per heavy atom. The Balaban J connectivity index is 2.79. The van der Waals surface area contributed by atoms with Gasteiger partial charge in [0, 0.05) is 12.4 Å². The van der Waals surface area contributed by atoms with Crippen molar-refractivity contribution < 1.29 is 4.79 Å². The summed E-state index contributed by atoms with van der Waals surface area (Å²) in [5.41, 5.74) is 0.133. The van der Waals surface area contributed by atoms with E-state index in [-0.39, 0.29) is 5.69 Å². The Labute approximate surface area is 62.7 Å². The summed E-state index contributed by atoms with van der Waals surface area (Å²) in [4.78, 5) is 18.1. The molecule has 0 aliphatic heterocycles. The minimum Gasteiger partial charge on any atom is -0.266 e. The number of nitrogens with zero attached hydrogens (tertiary/aromatic N) is 3. The first kappa shape index (κ1) is 7.15. The van der Waals surface area contributed by atoms with Crippen LogP contribution in [-0.2, 0) is 0 Å². The zero-order valence-corrected chi connectivity index (χ0v) is 5.48. The molecule has 1 aromatic heterocycles. The van der Waals surface area contributed by atoms with Crippen LogP contribution < -0.4 is 5.32 Å². The molecule has 1 heterocycles. The van der Waals surface area contributed by atoms with Gasteiger partial charge in [-0.15, -0.1) is 0 Å². The molecule has 0 aromatic carbocycles. The first-order chi connectivity index (χ1) is 5.34. The Hall–Kier alpha value is -1.96. The molecule has 0 saturated carbocycles. The van der Waals surface area contributed by atoms with E-state index in [0.29, 0.717) is 0 Å². The Morgan fingerprint density at radius 1 is 1.64 bits per heavy atom. The number of carbonyl (C=O) groups excluding carboxylic acids is 1. The van der Waals surface area contributed by atoms with Gasteiger partial charge in [0.15, 0.2) is 6.19 Å². The van der Waals surface area contributed by atoms with Crippen LogP contribution >= 0.6 is 0 Å². The van der Waals surface area contributed by atoms with Gasteiger partial charge in [-0.3, -0.25) is 15.1 Å². The van der Waals surface area contributed by atoms with E-state index in [9.17, 15) is 4.79 Å². The third-order valence-electron chi connectivity index (χ3n) is 0.965. The van der Waals surface area contributed by atoms with Gasteiger partial charge in [0.1, 0.15) is 5.69 Å². The van der Waals surface area contributed by atoms with Gasteiger partial charge in [0.2, 0.25) is 0 Å². The van der Waals surface area contributed by atoms with E-state index in [0.717, 1.165) is 0 Å². The van der Waals surface area contributed by atoms with Crippen molar-refractivity contribution >= 4 is 5.91 Å². The van der Waals surface area contributed by atoms with Crippen molar-refractivity contribution in [2.75, 3.05) is 0 Å². The summed E-state index contributed by atoms with van der Waals surface area (Å²) in [7, 11) is 0. The van der Waals surface area contributed by atoms with Gasteiger partial charge < -0.3 is 0 Å². The summed E-state index contributed by atoms with van der Waals surface area (Å²) >= 11 is 0. The van der Waals surface area contributed by atoms with Gasteiger partial charge in [-0.05, 0) is 0 Å². The van der Waals surface area contributed by atoms with Crippen LogP contribution in [0.2, 0.25) is 0 Å². The molecule has 0 atom stereocenters. The van der Waals surface area contributed by atoms with Crippen molar-refractivity contribution in [3.63, 3.8) is 0 Å². The number of nitrogens with one attached hydrogen (secondary N) is 1. The highest BCUT2D eigenvalue weighted by atomic mass is 16.1. The largest absolute Gasteiger partial charge is 0.284 e. The SMILES string of the molecule is N#CNC(=O)c1cnccn1. The van der Waals surface area contributed by atoms with Crippen molar-refractivity contribution in [1.82, 2.24) is 15.3 Å². The van der Waals surface area contributed by atoms with Crippen molar-refractivity contribution in [3.8, 4) is 6.19 Å². The quantitative estimate of drug-likeness (QED) is 0.437. The van der Waals surface area contributed by atoms with E-state index in [1.54, 1.807) is 0 Å². The van der Waals surface area contributed by atoms with E-state index in [1.807, 2.05) is 5.32 Å². The molecule has 0 aliphatic rings. The fraction of sp³-hybridized carbons (Fsp3) is 0. The Bertz CT molecular complexity index is 289. The molecule has 1 N–H and O–H groups in total. The summed E-state index contributed by atoms with van der Waals surface area (Å²) in [6.45, 7) is 0. The normalized spacial score (nSPS) is 8.27. The highest BCUT2D eigenvalue weighted by Crippen LogP contribution is 1.87. The summed E-state index contributed by atoms with van der Waals surface area (Å²) < 4.78 is 0. The number of amides is 1. The maximum absolute atomic E-state index is 10.8. The van der Waals surface area contributed by atoms with E-state index in [1.165, 1.54) is 24.8 Å². The number of hydrogen-bond donors (Lipinski definition) is 1. The van der Waals surface area contributed by atoms with Crippen LogP contribution in [0.5, 0.6) is 0 Å². The zero-order valence-electron chi connectivity index (χ0n) is 5.48. The molecular weight excluding hydrogens is 144 g/mol. The van der Waals surface area contributed by atoms with Crippen LogP contribution in [0.15, 0.2) is 18.6 Å². The first-order valence-electron chi connectivity index (χ1n) is 2.80. The van der Waals surface area contributed by atoms with Crippen LogP contribution in [0.25, 0.3) is 0 Å². The molecular formula is C6H4N4O. The molecule has 11 heavy (non-hydrogen) atoms. The highest BCUT2D eigenvalue weighted by molar-refractivity contribution is 5.92. The number of aromatic nitrogens is 2.